The lowest BCUT2D eigenvalue weighted by Crippen LogP contribution is -2.25. The lowest BCUT2D eigenvalue weighted by molar-refractivity contribution is 0.104. The molecule has 1 N–H and O–H groups in total. The fraction of sp³-hybridized carbons (Fsp3) is 0.214. The molecular formula is C14H12BrNOS. The van der Waals surface area contributed by atoms with Gasteiger partial charge >= 0.3 is 0 Å². The van der Waals surface area contributed by atoms with Crippen LogP contribution in [0.3, 0.4) is 0 Å². The molecule has 0 fully saturated rings. The van der Waals surface area contributed by atoms with Crippen LogP contribution in [0.2, 0.25) is 0 Å². The maximum Gasteiger partial charge on any atom is 0.204 e. The third-order valence-electron chi connectivity index (χ3n) is 3.21. The van der Waals surface area contributed by atoms with Crippen molar-refractivity contribution < 1.29 is 4.79 Å². The van der Waals surface area contributed by atoms with Crippen LogP contribution in [0.1, 0.15) is 26.4 Å². The summed E-state index contributed by atoms with van der Waals surface area (Å²) in [6, 6.07) is 7.94. The van der Waals surface area contributed by atoms with Crippen molar-refractivity contribution in [2.24, 2.45) is 0 Å². The molecule has 2 nitrogen and oxygen atoms in total. The molecule has 1 aliphatic rings. The first-order valence-electron chi connectivity index (χ1n) is 5.86. The highest BCUT2D eigenvalue weighted by molar-refractivity contribution is 9.10. The lowest BCUT2D eigenvalue weighted by Gasteiger charge is -2.19. The van der Waals surface area contributed by atoms with Crippen molar-refractivity contribution in [2.75, 3.05) is 6.54 Å². The number of carbonyl (C=O) groups is 1. The van der Waals surface area contributed by atoms with Crippen molar-refractivity contribution in [3.8, 4) is 0 Å². The molecule has 0 amide bonds. The summed E-state index contributed by atoms with van der Waals surface area (Å²) in [5.74, 6) is 0.135. The molecule has 0 spiro atoms. The molecule has 0 saturated carbocycles. The minimum atomic E-state index is 0.135. The van der Waals surface area contributed by atoms with Gasteiger partial charge in [-0.25, -0.2) is 0 Å². The summed E-state index contributed by atoms with van der Waals surface area (Å²) in [7, 11) is 0. The molecule has 2 aromatic rings. The predicted molar refractivity (Wildman–Crippen MR) is 77.3 cm³/mol. The molecule has 92 valence electrons. The first-order valence-corrected chi connectivity index (χ1v) is 7.54. The number of halogens is 1. The van der Waals surface area contributed by atoms with Crippen LogP contribution in [0.5, 0.6) is 0 Å². The zero-order chi connectivity index (χ0) is 12.5. The van der Waals surface area contributed by atoms with Gasteiger partial charge in [-0.15, -0.1) is 11.3 Å². The van der Waals surface area contributed by atoms with Gasteiger partial charge in [0.1, 0.15) is 0 Å². The van der Waals surface area contributed by atoms with Gasteiger partial charge in [-0.05, 0) is 51.5 Å². The largest absolute Gasteiger partial charge is 0.312 e. The molecule has 0 bridgehead atoms. The molecule has 1 aliphatic heterocycles. The summed E-state index contributed by atoms with van der Waals surface area (Å²) < 4.78 is 0.893. The van der Waals surface area contributed by atoms with Gasteiger partial charge in [0.05, 0.1) is 4.88 Å². The number of hydrogen-bond donors (Lipinski definition) is 1. The Hall–Kier alpha value is -0.970. The topological polar surface area (TPSA) is 29.1 Å². The molecule has 0 atom stereocenters. The Morgan fingerprint density at radius 2 is 2.22 bits per heavy atom. The van der Waals surface area contributed by atoms with E-state index < -0.39 is 0 Å². The van der Waals surface area contributed by atoms with E-state index in [0.717, 1.165) is 34.4 Å². The molecule has 3 rings (SSSR count). The summed E-state index contributed by atoms with van der Waals surface area (Å²) in [6.07, 6.45) is 0.931. The van der Waals surface area contributed by atoms with Gasteiger partial charge < -0.3 is 5.32 Å². The van der Waals surface area contributed by atoms with Crippen molar-refractivity contribution in [3.63, 3.8) is 0 Å². The maximum absolute atomic E-state index is 12.6. The summed E-state index contributed by atoms with van der Waals surface area (Å²) >= 11 is 4.93. The number of rotatable bonds is 2. The van der Waals surface area contributed by atoms with Crippen LogP contribution >= 0.6 is 27.3 Å². The second kappa shape index (κ2) is 4.96. The molecule has 0 radical (unpaired) electrons. The van der Waals surface area contributed by atoms with Crippen LogP contribution in [0.25, 0.3) is 0 Å². The monoisotopic (exact) mass is 321 g/mol. The van der Waals surface area contributed by atoms with Crippen LogP contribution in [-0.4, -0.2) is 12.3 Å². The Morgan fingerprint density at radius 1 is 1.33 bits per heavy atom. The van der Waals surface area contributed by atoms with Crippen molar-refractivity contribution in [2.45, 2.75) is 13.0 Å². The predicted octanol–water partition coefficient (Wildman–Crippen LogP) is 3.39. The van der Waals surface area contributed by atoms with Gasteiger partial charge in [-0.1, -0.05) is 18.2 Å². The van der Waals surface area contributed by atoms with E-state index in [1.807, 2.05) is 23.6 Å². The maximum atomic E-state index is 12.6. The zero-order valence-electron chi connectivity index (χ0n) is 9.70. The second-order valence-corrected chi connectivity index (χ2v) is 6.07. The van der Waals surface area contributed by atoms with Gasteiger partial charge in [0.25, 0.3) is 0 Å². The third-order valence-corrected chi connectivity index (χ3v) is 5.04. The minimum Gasteiger partial charge on any atom is -0.312 e. The fourth-order valence-corrected chi connectivity index (χ4v) is 3.83. The molecule has 4 heteroatoms. The summed E-state index contributed by atoms with van der Waals surface area (Å²) in [5, 5.41) is 5.27. The number of carbonyl (C=O) groups excluding carboxylic acids is 1. The average Bonchev–Trinajstić information content (AvgIpc) is 2.83. The highest BCUT2D eigenvalue weighted by atomic mass is 79.9. The van der Waals surface area contributed by atoms with Crippen LogP contribution < -0.4 is 5.32 Å². The summed E-state index contributed by atoms with van der Waals surface area (Å²) in [4.78, 5) is 13.4. The Bertz CT molecular complexity index is 606. The molecule has 0 unspecified atom stereocenters. The normalized spacial score (nSPS) is 14.3. The SMILES string of the molecule is O=C(c1cccc2c1CCNC2)c1sccc1Br. The van der Waals surface area contributed by atoms with Gasteiger partial charge in [0.2, 0.25) is 5.78 Å². The Balaban J connectivity index is 2.07. The van der Waals surface area contributed by atoms with E-state index in [1.54, 1.807) is 0 Å². The van der Waals surface area contributed by atoms with Crippen molar-refractivity contribution >= 4 is 33.0 Å². The number of thiophene rings is 1. The summed E-state index contributed by atoms with van der Waals surface area (Å²) in [6.45, 7) is 1.81. The molecule has 0 aliphatic carbocycles. The lowest BCUT2D eigenvalue weighted by atomic mass is 9.93. The molecule has 18 heavy (non-hydrogen) atoms. The van der Waals surface area contributed by atoms with Gasteiger partial charge in [-0.3, -0.25) is 4.79 Å². The van der Waals surface area contributed by atoms with E-state index in [9.17, 15) is 4.79 Å². The number of nitrogens with one attached hydrogen (secondary N) is 1. The summed E-state index contributed by atoms with van der Waals surface area (Å²) in [5.41, 5.74) is 3.32. The van der Waals surface area contributed by atoms with E-state index in [0.29, 0.717) is 0 Å². The Kier molecular flexibility index (Phi) is 3.33. The van der Waals surface area contributed by atoms with E-state index >= 15 is 0 Å². The Morgan fingerprint density at radius 3 is 3.00 bits per heavy atom. The van der Waals surface area contributed by atoms with E-state index in [-0.39, 0.29) is 5.78 Å². The van der Waals surface area contributed by atoms with Gasteiger partial charge in [0, 0.05) is 16.6 Å². The van der Waals surface area contributed by atoms with Crippen LogP contribution in [0, 0.1) is 0 Å². The average molecular weight is 322 g/mol. The fourth-order valence-electron chi connectivity index (χ4n) is 2.32. The van der Waals surface area contributed by atoms with Crippen LogP contribution in [0.4, 0.5) is 0 Å². The molecule has 0 saturated heterocycles. The van der Waals surface area contributed by atoms with Gasteiger partial charge in [-0.2, -0.15) is 0 Å². The van der Waals surface area contributed by atoms with E-state index in [2.05, 4.69) is 27.3 Å². The van der Waals surface area contributed by atoms with Crippen LogP contribution in [-0.2, 0) is 13.0 Å². The number of fused-ring (bicyclic) bond motifs is 1. The first-order chi connectivity index (χ1) is 8.77. The zero-order valence-corrected chi connectivity index (χ0v) is 12.1. The third kappa shape index (κ3) is 2.05. The highest BCUT2D eigenvalue weighted by Crippen LogP contribution is 2.28. The van der Waals surface area contributed by atoms with Crippen molar-refractivity contribution in [1.82, 2.24) is 5.32 Å². The first kappa shape index (κ1) is 12.1. The second-order valence-electron chi connectivity index (χ2n) is 4.30. The number of hydrogen-bond acceptors (Lipinski definition) is 3. The standard InChI is InChI=1S/C14H12BrNOS/c15-12-5-7-18-14(12)13(17)11-3-1-2-9-8-16-6-4-10(9)11/h1-3,5,7,16H,4,6,8H2. The smallest absolute Gasteiger partial charge is 0.204 e. The molecule has 1 aromatic heterocycles. The van der Waals surface area contributed by atoms with Crippen molar-refractivity contribution in [3.05, 3.63) is 55.7 Å². The minimum absolute atomic E-state index is 0.135. The number of benzene rings is 1. The molecule has 2 heterocycles. The van der Waals surface area contributed by atoms with E-state index in [1.165, 1.54) is 22.5 Å². The highest BCUT2D eigenvalue weighted by Gasteiger charge is 2.20. The molecular weight excluding hydrogens is 310 g/mol. The van der Waals surface area contributed by atoms with Gasteiger partial charge in [0.15, 0.2) is 0 Å². The number of ketones is 1. The van der Waals surface area contributed by atoms with Crippen molar-refractivity contribution in [1.29, 1.82) is 0 Å². The quantitative estimate of drug-likeness (QED) is 0.859. The molecule has 1 aromatic carbocycles. The Labute approximate surface area is 118 Å². The van der Waals surface area contributed by atoms with Crippen LogP contribution in [0.15, 0.2) is 34.1 Å². The van der Waals surface area contributed by atoms with E-state index in [4.69, 9.17) is 0 Å².